The molecule has 1 aromatic heterocycles. The minimum Gasteiger partial charge on any atom is -0.397 e. The number of nitrogen functional groups attached to an aromatic ring is 1. The summed E-state index contributed by atoms with van der Waals surface area (Å²) in [7, 11) is 0. The zero-order valence-electron chi connectivity index (χ0n) is 13.4. The molecular weight excluding hydrogens is 298 g/mol. The summed E-state index contributed by atoms with van der Waals surface area (Å²) in [5.74, 6) is -0.582. The molecule has 1 amide bonds. The minimum atomic E-state index is -0.321. The van der Waals surface area contributed by atoms with E-state index in [1.165, 1.54) is 0 Å². The zero-order chi connectivity index (χ0) is 17.4. The van der Waals surface area contributed by atoms with Gasteiger partial charge in [-0.3, -0.25) is 9.78 Å². The Morgan fingerprint density at radius 1 is 1.08 bits per heavy atom. The van der Waals surface area contributed by atoms with E-state index in [-0.39, 0.29) is 11.8 Å². The Morgan fingerprint density at radius 2 is 1.79 bits per heavy atom. The molecule has 0 aliphatic rings. The van der Waals surface area contributed by atoms with Gasteiger partial charge >= 0.3 is 0 Å². The molecular formula is C20H21N3O. The van der Waals surface area contributed by atoms with Gasteiger partial charge in [-0.15, -0.1) is 6.58 Å². The second kappa shape index (κ2) is 8.48. The Labute approximate surface area is 141 Å². The maximum atomic E-state index is 10.9. The van der Waals surface area contributed by atoms with E-state index in [0.717, 1.165) is 22.2 Å². The number of rotatable bonds is 4. The van der Waals surface area contributed by atoms with E-state index in [2.05, 4.69) is 11.6 Å². The number of benzene rings is 2. The Morgan fingerprint density at radius 3 is 2.42 bits per heavy atom. The van der Waals surface area contributed by atoms with Crippen molar-refractivity contribution < 1.29 is 4.79 Å². The second-order valence-corrected chi connectivity index (χ2v) is 5.36. The third-order valence-electron chi connectivity index (χ3n) is 3.61. The van der Waals surface area contributed by atoms with Crippen LogP contribution in [0.1, 0.15) is 5.56 Å². The second-order valence-electron chi connectivity index (χ2n) is 5.36. The molecule has 4 heteroatoms. The summed E-state index contributed by atoms with van der Waals surface area (Å²) in [5.41, 5.74) is 13.6. The van der Waals surface area contributed by atoms with E-state index in [9.17, 15) is 4.79 Å². The maximum absolute atomic E-state index is 10.9. The van der Waals surface area contributed by atoms with Crippen LogP contribution < -0.4 is 11.5 Å². The average molecular weight is 319 g/mol. The first-order valence-electron chi connectivity index (χ1n) is 7.67. The lowest BCUT2D eigenvalue weighted by molar-refractivity contribution is -0.120. The van der Waals surface area contributed by atoms with Gasteiger partial charge in [-0.05, 0) is 24.1 Å². The molecule has 1 heterocycles. The van der Waals surface area contributed by atoms with Crippen molar-refractivity contribution in [2.24, 2.45) is 11.7 Å². The van der Waals surface area contributed by atoms with Crippen LogP contribution in [0.3, 0.4) is 0 Å². The average Bonchev–Trinajstić information content (AvgIpc) is 2.61. The van der Waals surface area contributed by atoms with Crippen LogP contribution in [0.2, 0.25) is 0 Å². The monoisotopic (exact) mass is 319 g/mol. The molecule has 3 rings (SSSR count). The number of nitrogens with zero attached hydrogens (tertiary/aromatic N) is 1. The van der Waals surface area contributed by atoms with Crippen LogP contribution in [0.25, 0.3) is 10.9 Å². The van der Waals surface area contributed by atoms with Crippen molar-refractivity contribution >= 4 is 22.5 Å². The number of carbonyl (C=O) groups excluding carboxylic acids is 1. The first-order chi connectivity index (χ1) is 11.6. The van der Waals surface area contributed by atoms with E-state index in [1.807, 2.05) is 60.7 Å². The predicted octanol–water partition coefficient (Wildman–Crippen LogP) is 3.33. The molecule has 0 spiro atoms. The molecule has 3 aromatic rings. The van der Waals surface area contributed by atoms with Crippen LogP contribution in [-0.2, 0) is 11.2 Å². The fourth-order valence-corrected chi connectivity index (χ4v) is 2.30. The van der Waals surface area contributed by atoms with Gasteiger partial charge in [0.2, 0.25) is 5.91 Å². The fraction of sp³-hybridized carbons (Fsp3) is 0.100. The summed E-state index contributed by atoms with van der Waals surface area (Å²) < 4.78 is 0. The van der Waals surface area contributed by atoms with Crippen LogP contribution in [-0.4, -0.2) is 10.9 Å². The number of anilines is 1. The van der Waals surface area contributed by atoms with Gasteiger partial charge in [-0.2, -0.15) is 0 Å². The summed E-state index contributed by atoms with van der Waals surface area (Å²) in [5, 5.41) is 1.09. The zero-order valence-corrected chi connectivity index (χ0v) is 13.4. The summed E-state index contributed by atoms with van der Waals surface area (Å²) in [4.78, 5) is 15.0. The van der Waals surface area contributed by atoms with E-state index in [4.69, 9.17) is 11.5 Å². The fourth-order valence-electron chi connectivity index (χ4n) is 2.30. The molecule has 0 saturated heterocycles. The molecule has 1 unspecified atom stereocenters. The molecule has 0 fully saturated rings. The summed E-state index contributed by atoms with van der Waals surface area (Å²) >= 11 is 0. The van der Waals surface area contributed by atoms with Crippen molar-refractivity contribution in [1.29, 1.82) is 0 Å². The first-order valence-corrected chi connectivity index (χ1v) is 7.67. The number of hydrogen-bond donors (Lipinski definition) is 2. The van der Waals surface area contributed by atoms with Crippen molar-refractivity contribution in [3.05, 3.63) is 85.1 Å². The van der Waals surface area contributed by atoms with Crippen molar-refractivity contribution in [3.8, 4) is 0 Å². The molecule has 4 nitrogen and oxygen atoms in total. The topological polar surface area (TPSA) is 82.0 Å². The number of para-hydroxylation sites is 1. The largest absolute Gasteiger partial charge is 0.397 e. The number of nitrogens with two attached hydrogens (primary N) is 2. The van der Waals surface area contributed by atoms with Gasteiger partial charge in [0.15, 0.2) is 0 Å². The molecule has 24 heavy (non-hydrogen) atoms. The van der Waals surface area contributed by atoms with Crippen molar-refractivity contribution in [3.63, 3.8) is 0 Å². The van der Waals surface area contributed by atoms with Gasteiger partial charge in [0.1, 0.15) is 0 Å². The van der Waals surface area contributed by atoms with Crippen LogP contribution in [0.5, 0.6) is 0 Å². The van der Waals surface area contributed by atoms with Gasteiger partial charge in [0.25, 0.3) is 0 Å². The highest BCUT2D eigenvalue weighted by Crippen LogP contribution is 2.16. The van der Waals surface area contributed by atoms with E-state index in [1.54, 1.807) is 12.3 Å². The highest BCUT2D eigenvalue weighted by atomic mass is 16.1. The lowest BCUT2D eigenvalue weighted by atomic mass is 9.99. The lowest BCUT2D eigenvalue weighted by Crippen LogP contribution is -2.23. The van der Waals surface area contributed by atoms with E-state index >= 15 is 0 Å². The number of carbonyl (C=O) groups is 1. The van der Waals surface area contributed by atoms with Crippen molar-refractivity contribution in [1.82, 2.24) is 4.98 Å². The summed E-state index contributed by atoms with van der Waals surface area (Å²) in [6.07, 6.45) is 3.98. The quantitative estimate of drug-likeness (QED) is 0.571. The number of aromatic nitrogens is 1. The number of primary amides is 1. The highest BCUT2D eigenvalue weighted by Gasteiger charge is 2.10. The minimum absolute atomic E-state index is 0.262. The molecule has 1 atom stereocenters. The van der Waals surface area contributed by atoms with Crippen LogP contribution >= 0.6 is 0 Å². The number of hydrogen-bond acceptors (Lipinski definition) is 3. The number of amides is 1. The Bertz CT molecular complexity index is 810. The van der Waals surface area contributed by atoms with E-state index < -0.39 is 0 Å². The molecule has 4 N–H and O–H groups in total. The molecule has 0 aliphatic heterocycles. The Hall–Kier alpha value is -3.14. The normalized spacial score (nSPS) is 11.2. The summed E-state index contributed by atoms with van der Waals surface area (Å²) in [6, 6.07) is 19.5. The Kier molecular flexibility index (Phi) is 6.08. The molecule has 0 bridgehead atoms. The third kappa shape index (κ3) is 4.68. The first kappa shape index (κ1) is 17.2. The molecule has 0 radical (unpaired) electrons. The van der Waals surface area contributed by atoms with Crippen LogP contribution in [0.4, 0.5) is 5.69 Å². The highest BCUT2D eigenvalue weighted by molar-refractivity contribution is 5.88. The SMILES string of the molecule is C=CC(Cc1ccccc1)C(N)=O.Nc1cccc2cccnc12. The number of fused-ring (bicyclic) bond motifs is 1. The smallest absolute Gasteiger partial charge is 0.224 e. The predicted molar refractivity (Wildman–Crippen MR) is 99.2 cm³/mol. The van der Waals surface area contributed by atoms with Gasteiger partial charge in [-0.1, -0.05) is 54.6 Å². The van der Waals surface area contributed by atoms with Crippen molar-refractivity contribution in [2.75, 3.05) is 5.73 Å². The van der Waals surface area contributed by atoms with Gasteiger partial charge < -0.3 is 11.5 Å². The van der Waals surface area contributed by atoms with Crippen LogP contribution in [0.15, 0.2) is 79.5 Å². The molecule has 0 aliphatic carbocycles. The molecule has 0 saturated carbocycles. The standard InChI is InChI=1S/C11H13NO.C9H8N2/c1-2-10(11(12)13)8-9-6-4-3-5-7-9;10-8-5-1-3-7-4-2-6-11-9(7)8/h2-7,10H,1,8H2,(H2,12,13);1-6H,10H2. The third-order valence-corrected chi connectivity index (χ3v) is 3.61. The van der Waals surface area contributed by atoms with Crippen molar-refractivity contribution in [2.45, 2.75) is 6.42 Å². The maximum Gasteiger partial charge on any atom is 0.224 e. The van der Waals surface area contributed by atoms with Crippen LogP contribution in [0, 0.1) is 5.92 Å². The molecule has 2 aromatic carbocycles. The van der Waals surface area contributed by atoms with E-state index in [0.29, 0.717) is 6.42 Å². The molecule has 122 valence electrons. The van der Waals surface area contributed by atoms with Gasteiger partial charge in [-0.25, -0.2) is 0 Å². The lowest BCUT2D eigenvalue weighted by Gasteiger charge is -2.07. The van der Waals surface area contributed by atoms with Gasteiger partial charge in [0, 0.05) is 11.6 Å². The summed E-state index contributed by atoms with van der Waals surface area (Å²) in [6.45, 7) is 3.58. The Balaban J connectivity index is 0.000000175. The number of pyridine rings is 1. The van der Waals surface area contributed by atoms with Gasteiger partial charge in [0.05, 0.1) is 17.1 Å².